The average Bonchev–Trinajstić information content (AvgIpc) is 2.78. The Kier molecular flexibility index (Phi) is 13.4. The number of carbonyl (C=O) groups is 3. The van der Waals surface area contributed by atoms with Gasteiger partial charge in [-0.1, -0.05) is 69.9 Å². The number of amides is 3. The summed E-state index contributed by atoms with van der Waals surface area (Å²) < 4.78 is 5.27. The number of carbonyl (C=O) groups excluding carboxylic acids is 3. The smallest absolute Gasteiger partial charge is 0.408 e. The highest BCUT2D eigenvalue weighted by Crippen LogP contribution is 2.24. The number of nitrogens with zero attached hydrogens (tertiary/aromatic N) is 1. The number of rotatable bonds is 14. The molecule has 35 heavy (non-hydrogen) atoms. The second-order valence-corrected chi connectivity index (χ2v) is 9.99. The molecule has 0 aliphatic heterocycles. The molecule has 0 fully saturated rings. The maximum absolute atomic E-state index is 13.7. The van der Waals surface area contributed by atoms with E-state index in [9.17, 15) is 19.5 Å². The van der Waals surface area contributed by atoms with Gasteiger partial charge in [0, 0.05) is 12.6 Å². The average molecular weight is 492 g/mol. The summed E-state index contributed by atoms with van der Waals surface area (Å²) in [6.07, 6.45) is 4.58. The Balaban J connectivity index is 3.30. The van der Waals surface area contributed by atoms with Crippen molar-refractivity contribution in [2.24, 2.45) is 0 Å². The van der Waals surface area contributed by atoms with Crippen LogP contribution in [0.2, 0.25) is 0 Å². The molecule has 1 rings (SSSR count). The summed E-state index contributed by atoms with van der Waals surface area (Å²) in [4.78, 5) is 41.0. The first-order chi connectivity index (χ1) is 16.5. The normalized spacial score (nSPS) is 13.9. The Hall–Kier alpha value is -2.61. The molecule has 3 amide bonds. The molecule has 0 saturated heterocycles. The number of unbranched alkanes of at least 4 members (excludes halogenated alkanes) is 3. The molecule has 0 bridgehead atoms. The van der Waals surface area contributed by atoms with E-state index >= 15 is 0 Å². The lowest BCUT2D eigenvalue weighted by Crippen LogP contribution is -2.55. The molecule has 3 N–H and O–H groups in total. The van der Waals surface area contributed by atoms with Gasteiger partial charge in [-0.25, -0.2) is 4.79 Å². The Morgan fingerprint density at radius 1 is 1.00 bits per heavy atom. The van der Waals surface area contributed by atoms with Crippen molar-refractivity contribution in [3.8, 4) is 0 Å². The molecular formula is C27H45N3O5. The lowest BCUT2D eigenvalue weighted by atomic mass is 10.0. The number of ether oxygens (including phenoxy) is 1. The van der Waals surface area contributed by atoms with Gasteiger partial charge in [-0.05, 0) is 46.1 Å². The van der Waals surface area contributed by atoms with Crippen molar-refractivity contribution < 1.29 is 24.2 Å². The summed E-state index contributed by atoms with van der Waals surface area (Å²) in [6, 6.07) is 6.96. The van der Waals surface area contributed by atoms with Gasteiger partial charge in [-0.2, -0.15) is 0 Å². The van der Waals surface area contributed by atoms with Crippen LogP contribution in [0.4, 0.5) is 4.79 Å². The number of benzene rings is 1. The molecule has 0 heterocycles. The number of alkyl carbamates (subject to hydrolysis) is 1. The highest BCUT2D eigenvalue weighted by Gasteiger charge is 2.36. The fourth-order valence-electron chi connectivity index (χ4n) is 3.85. The van der Waals surface area contributed by atoms with Crippen LogP contribution in [-0.2, 0) is 14.3 Å². The van der Waals surface area contributed by atoms with Crippen molar-refractivity contribution in [1.29, 1.82) is 0 Å². The lowest BCUT2D eigenvalue weighted by Gasteiger charge is -2.34. The molecule has 8 nitrogen and oxygen atoms in total. The van der Waals surface area contributed by atoms with Crippen LogP contribution >= 0.6 is 0 Å². The van der Waals surface area contributed by atoms with Gasteiger partial charge in [0.2, 0.25) is 11.8 Å². The summed E-state index contributed by atoms with van der Waals surface area (Å²) in [7, 11) is 0. The van der Waals surface area contributed by atoms with Crippen molar-refractivity contribution in [1.82, 2.24) is 15.5 Å². The minimum Gasteiger partial charge on any atom is -0.444 e. The third-order valence-corrected chi connectivity index (χ3v) is 5.49. The van der Waals surface area contributed by atoms with Gasteiger partial charge in [-0.3, -0.25) is 9.59 Å². The van der Waals surface area contributed by atoms with Crippen LogP contribution in [0.1, 0.15) is 91.7 Å². The minimum absolute atomic E-state index is 0.0516. The quantitative estimate of drug-likeness (QED) is 0.336. The molecule has 198 valence electrons. The van der Waals surface area contributed by atoms with Crippen LogP contribution in [0.3, 0.4) is 0 Å². The maximum atomic E-state index is 13.7. The Morgan fingerprint density at radius 3 is 2.20 bits per heavy atom. The van der Waals surface area contributed by atoms with Crippen molar-refractivity contribution in [2.45, 2.75) is 104 Å². The SMILES string of the molecule is CCCCCCN(C(=O)C(CO)NC(=O)OC(C)(C)C)C(C(=O)NC(C)CCC)c1ccccc1. The van der Waals surface area contributed by atoms with E-state index in [0.717, 1.165) is 32.1 Å². The van der Waals surface area contributed by atoms with Crippen molar-refractivity contribution in [3.63, 3.8) is 0 Å². The fraction of sp³-hybridized carbons (Fsp3) is 0.667. The first-order valence-corrected chi connectivity index (χ1v) is 12.8. The van der Waals surface area contributed by atoms with Crippen LogP contribution < -0.4 is 10.6 Å². The van der Waals surface area contributed by atoms with E-state index in [-0.39, 0.29) is 11.9 Å². The molecule has 0 spiro atoms. The van der Waals surface area contributed by atoms with E-state index in [2.05, 4.69) is 24.5 Å². The monoisotopic (exact) mass is 491 g/mol. The Labute approximate surface area is 210 Å². The van der Waals surface area contributed by atoms with Gasteiger partial charge in [0.05, 0.1) is 6.61 Å². The predicted molar refractivity (Wildman–Crippen MR) is 138 cm³/mol. The fourth-order valence-corrected chi connectivity index (χ4v) is 3.85. The molecule has 3 atom stereocenters. The van der Waals surface area contributed by atoms with Gasteiger partial charge < -0.3 is 25.4 Å². The number of hydrogen-bond donors (Lipinski definition) is 3. The van der Waals surface area contributed by atoms with Crippen LogP contribution in [0.25, 0.3) is 0 Å². The van der Waals surface area contributed by atoms with Crippen molar-refractivity contribution in [2.75, 3.05) is 13.2 Å². The van der Waals surface area contributed by atoms with Crippen LogP contribution in [-0.4, -0.2) is 58.8 Å². The molecule has 8 heteroatoms. The van der Waals surface area contributed by atoms with Crippen LogP contribution in [0.5, 0.6) is 0 Å². The first kappa shape index (κ1) is 30.4. The maximum Gasteiger partial charge on any atom is 0.408 e. The molecular weight excluding hydrogens is 446 g/mol. The topological polar surface area (TPSA) is 108 Å². The van der Waals surface area contributed by atoms with E-state index in [1.54, 1.807) is 20.8 Å². The summed E-state index contributed by atoms with van der Waals surface area (Å²) in [5, 5.41) is 15.5. The Morgan fingerprint density at radius 2 is 1.66 bits per heavy atom. The van der Waals surface area contributed by atoms with E-state index in [4.69, 9.17) is 4.74 Å². The second-order valence-electron chi connectivity index (χ2n) is 9.99. The summed E-state index contributed by atoms with van der Waals surface area (Å²) in [5.41, 5.74) is -0.0824. The molecule has 1 aromatic carbocycles. The largest absolute Gasteiger partial charge is 0.444 e. The summed E-state index contributed by atoms with van der Waals surface area (Å²) >= 11 is 0. The third kappa shape index (κ3) is 11.1. The predicted octanol–water partition coefficient (Wildman–Crippen LogP) is 4.33. The molecule has 1 aromatic rings. The molecule has 0 aliphatic carbocycles. The first-order valence-electron chi connectivity index (χ1n) is 12.8. The zero-order valence-electron chi connectivity index (χ0n) is 22.3. The molecule has 3 unspecified atom stereocenters. The van der Waals surface area contributed by atoms with Gasteiger partial charge in [0.15, 0.2) is 0 Å². The van der Waals surface area contributed by atoms with E-state index < -0.39 is 36.3 Å². The molecule has 0 aliphatic rings. The number of nitrogens with one attached hydrogen (secondary N) is 2. The number of hydrogen-bond acceptors (Lipinski definition) is 5. The highest BCUT2D eigenvalue weighted by molar-refractivity contribution is 5.92. The van der Waals surface area contributed by atoms with E-state index in [1.165, 1.54) is 4.90 Å². The number of aliphatic hydroxyl groups is 1. The summed E-state index contributed by atoms with van der Waals surface area (Å²) in [6.45, 7) is 11.0. The zero-order chi connectivity index (χ0) is 26.4. The second kappa shape index (κ2) is 15.4. The zero-order valence-corrected chi connectivity index (χ0v) is 22.3. The number of aliphatic hydroxyl groups excluding tert-OH is 1. The molecule has 0 saturated carbocycles. The van der Waals surface area contributed by atoms with Gasteiger partial charge >= 0.3 is 6.09 Å². The highest BCUT2D eigenvalue weighted by atomic mass is 16.6. The third-order valence-electron chi connectivity index (χ3n) is 5.49. The molecule has 0 aromatic heterocycles. The Bertz CT molecular complexity index is 779. The van der Waals surface area contributed by atoms with Gasteiger partial charge in [0.1, 0.15) is 17.7 Å². The summed E-state index contributed by atoms with van der Waals surface area (Å²) in [5.74, 6) is -0.808. The lowest BCUT2D eigenvalue weighted by molar-refractivity contribution is -0.143. The van der Waals surface area contributed by atoms with Crippen molar-refractivity contribution in [3.05, 3.63) is 35.9 Å². The standard InChI is InChI=1S/C27H45N3O5/c1-7-9-10-14-18-30(25(33)22(19-31)29-26(34)35-27(4,5)6)23(21-16-12-11-13-17-21)24(32)28-20(3)15-8-2/h11-13,16-17,20,22-23,31H,7-10,14-15,18-19H2,1-6H3,(H,28,32)(H,29,34). The minimum atomic E-state index is -1.23. The van der Waals surface area contributed by atoms with Crippen LogP contribution in [0, 0.1) is 0 Å². The van der Waals surface area contributed by atoms with Gasteiger partial charge in [0.25, 0.3) is 0 Å². The van der Waals surface area contributed by atoms with Crippen molar-refractivity contribution >= 4 is 17.9 Å². The van der Waals surface area contributed by atoms with Gasteiger partial charge in [-0.15, -0.1) is 0 Å². The van der Waals surface area contributed by atoms with E-state index in [1.807, 2.05) is 37.3 Å². The molecule has 0 radical (unpaired) electrons. The van der Waals surface area contributed by atoms with Crippen LogP contribution in [0.15, 0.2) is 30.3 Å². The van der Waals surface area contributed by atoms with E-state index in [0.29, 0.717) is 18.5 Å².